The van der Waals surface area contributed by atoms with E-state index in [4.69, 9.17) is 0 Å². The van der Waals surface area contributed by atoms with Gasteiger partial charge in [-0.1, -0.05) is 110 Å². The molecule has 0 spiro atoms. The molecule has 228 valence electrons. The second kappa shape index (κ2) is 13.5. The first kappa shape index (κ1) is 29.7. The second-order valence-electron chi connectivity index (χ2n) is 11.2. The Balaban J connectivity index is 1.12. The lowest BCUT2D eigenvalue weighted by molar-refractivity contribution is -0.700. The number of aromatic amines is 2. The maximum Gasteiger partial charge on any atom is 0.245 e. The number of imidazole rings is 1. The van der Waals surface area contributed by atoms with Gasteiger partial charge in [0.1, 0.15) is 13.1 Å². The fourth-order valence-corrected chi connectivity index (χ4v) is 6.67. The number of hydrogen-bond acceptors (Lipinski definition) is 6. The Morgan fingerprint density at radius 1 is 0.674 bits per heavy atom. The molecule has 10 nitrogen and oxygen atoms in total. The summed E-state index contributed by atoms with van der Waals surface area (Å²) in [5.74, 6) is 1.18. The van der Waals surface area contributed by atoms with Gasteiger partial charge in [0, 0.05) is 40.1 Å². The first-order valence-electron chi connectivity index (χ1n) is 15.3. The number of halogens is 1. The van der Waals surface area contributed by atoms with E-state index in [1.165, 1.54) is 20.5 Å². The number of nitrogens with zero attached hydrogens (tertiary/aromatic N) is 8. The summed E-state index contributed by atoms with van der Waals surface area (Å²) in [5.41, 5.74) is 10.2. The van der Waals surface area contributed by atoms with E-state index in [1.807, 2.05) is 36.4 Å². The first-order valence-corrected chi connectivity index (χ1v) is 16.4. The van der Waals surface area contributed by atoms with Gasteiger partial charge in [-0.2, -0.15) is 10.4 Å². The van der Waals surface area contributed by atoms with E-state index in [2.05, 4.69) is 147 Å². The van der Waals surface area contributed by atoms with Crippen LogP contribution >= 0.6 is 22.6 Å². The van der Waals surface area contributed by atoms with Crippen molar-refractivity contribution in [2.75, 3.05) is 0 Å². The average Bonchev–Trinajstić information content (AvgIpc) is 3.89. The fourth-order valence-electron chi connectivity index (χ4n) is 5.79. The molecule has 0 aliphatic carbocycles. The van der Waals surface area contributed by atoms with Crippen molar-refractivity contribution in [1.29, 1.82) is 0 Å². The molecule has 0 fully saturated rings. The third kappa shape index (κ3) is 6.23. The van der Waals surface area contributed by atoms with Gasteiger partial charge >= 0.3 is 0 Å². The van der Waals surface area contributed by atoms with E-state index in [0.29, 0.717) is 11.6 Å². The summed E-state index contributed by atoms with van der Waals surface area (Å²) in [7, 11) is 0. The Morgan fingerprint density at radius 2 is 1.20 bits per heavy atom. The molecule has 0 amide bonds. The molecule has 3 aromatic heterocycles. The van der Waals surface area contributed by atoms with Crippen LogP contribution < -0.4 is 4.57 Å². The third-order valence-electron chi connectivity index (χ3n) is 8.15. The number of rotatable bonds is 11. The van der Waals surface area contributed by atoms with Crippen molar-refractivity contribution >= 4 is 22.6 Å². The molecule has 0 radical (unpaired) electrons. The molecule has 0 bridgehead atoms. The summed E-state index contributed by atoms with van der Waals surface area (Å²) in [6.07, 6.45) is 5.62. The average molecular weight is 720 g/mol. The van der Waals surface area contributed by atoms with Crippen molar-refractivity contribution in [1.82, 2.24) is 45.8 Å². The van der Waals surface area contributed by atoms with Gasteiger partial charge in [-0.3, -0.25) is 0 Å². The van der Waals surface area contributed by atoms with Crippen LogP contribution in [0.1, 0.15) is 36.6 Å². The van der Waals surface area contributed by atoms with Gasteiger partial charge in [0.05, 0.1) is 0 Å². The zero-order valence-corrected chi connectivity index (χ0v) is 27.5. The third-order valence-corrected chi connectivity index (χ3v) is 9.39. The Hall–Kier alpha value is -5.04. The molecular weight excluding hydrogens is 687 g/mol. The molecular formula is C35H32IN10+. The Kier molecular flexibility index (Phi) is 8.72. The molecule has 0 saturated carbocycles. The van der Waals surface area contributed by atoms with Crippen LogP contribution in [0.4, 0.5) is 0 Å². The minimum atomic E-state index is 0.592. The SMILES string of the molecule is CCCCc1c(I)[n+](Cc2ccc(-c3ccccc3-c3nn[nH]n3)cc2)cn1Cc1ccc(-c2ccccc2-c2nn[nH]n2)cc1. The molecule has 0 aliphatic rings. The van der Waals surface area contributed by atoms with Gasteiger partial charge < -0.3 is 0 Å². The predicted octanol–water partition coefficient (Wildman–Crippen LogP) is 6.51. The van der Waals surface area contributed by atoms with Gasteiger partial charge in [-0.25, -0.2) is 9.13 Å². The lowest BCUT2D eigenvalue weighted by atomic mass is 9.98. The minimum absolute atomic E-state index is 0.592. The minimum Gasteiger partial charge on any atom is -0.229 e. The first-order chi connectivity index (χ1) is 22.7. The van der Waals surface area contributed by atoms with Crippen molar-refractivity contribution in [3.05, 3.63) is 124 Å². The molecule has 7 rings (SSSR count). The number of H-pyrrole nitrogens is 2. The van der Waals surface area contributed by atoms with E-state index < -0.39 is 0 Å². The lowest BCUT2D eigenvalue weighted by Gasteiger charge is -2.08. The highest BCUT2D eigenvalue weighted by molar-refractivity contribution is 14.1. The van der Waals surface area contributed by atoms with Gasteiger partial charge in [-0.15, -0.1) is 20.4 Å². The van der Waals surface area contributed by atoms with Crippen LogP contribution in [-0.4, -0.2) is 45.8 Å². The summed E-state index contributed by atoms with van der Waals surface area (Å²) >= 11 is 2.52. The van der Waals surface area contributed by atoms with Crippen molar-refractivity contribution in [2.24, 2.45) is 0 Å². The lowest BCUT2D eigenvalue weighted by Crippen LogP contribution is -2.35. The van der Waals surface area contributed by atoms with Gasteiger partial charge in [0.2, 0.25) is 21.7 Å². The van der Waals surface area contributed by atoms with Crippen LogP contribution in [-0.2, 0) is 19.5 Å². The van der Waals surface area contributed by atoms with Crippen LogP contribution in [0.25, 0.3) is 45.0 Å². The van der Waals surface area contributed by atoms with Crippen LogP contribution in [0.3, 0.4) is 0 Å². The van der Waals surface area contributed by atoms with Crippen molar-refractivity contribution in [3.8, 4) is 45.0 Å². The van der Waals surface area contributed by atoms with Crippen molar-refractivity contribution in [2.45, 2.75) is 39.3 Å². The highest BCUT2D eigenvalue weighted by Gasteiger charge is 2.22. The molecule has 0 unspecified atom stereocenters. The van der Waals surface area contributed by atoms with Crippen LogP contribution in [0.5, 0.6) is 0 Å². The normalized spacial score (nSPS) is 11.3. The summed E-state index contributed by atoms with van der Waals surface area (Å²) in [5, 5.41) is 29.3. The van der Waals surface area contributed by atoms with Gasteiger partial charge in [0.15, 0.2) is 5.69 Å². The Labute approximate surface area is 280 Å². The molecule has 7 aromatic rings. The molecule has 11 heteroatoms. The molecule has 2 N–H and O–H groups in total. The number of aromatic nitrogens is 10. The highest BCUT2D eigenvalue weighted by atomic mass is 127. The van der Waals surface area contributed by atoms with Crippen LogP contribution in [0.2, 0.25) is 0 Å². The van der Waals surface area contributed by atoms with E-state index in [9.17, 15) is 0 Å². The summed E-state index contributed by atoms with van der Waals surface area (Å²) < 4.78 is 6.06. The molecule has 4 aromatic carbocycles. The second-order valence-corrected chi connectivity index (χ2v) is 12.2. The maximum absolute atomic E-state index is 4.19. The smallest absolute Gasteiger partial charge is 0.229 e. The molecule has 3 heterocycles. The molecule has 46 heavy (non-hydrogen) atoms. The predicted molar refractivity (Wildman–Crippen MR) is 184 cm³/mol. The number of unbranched alkanes of at least 4 members (excludes halogenated alkanes) is 1. The number of hydrogen-bond donors (Lipinski definition) is 2. The van der Waals surface area contributed by atoms with E-state index in [0.717, 1.165) is 65.7 Å². The number of tetrazole rings is 2. The van der Waals surface area contributed by atoms with Crippen molar-refractivity contribution in [3.63, 3.8) is 0 Å². The molecule has 0 aliphatic heterocycles. The topological polar surface area (TPSA) is 118 Å². The van der Waals surface area contributed by atoms with Crippen molar-refractivity contribution < 1.29 is 4.57 Å². The zero-order valence-electron chi connectivity index (χ0n) is 25.3. The summed E-state index contributed by atoms with van der Waals surface area (Å²) in [6, 6.07) is 33.9. The quantitative estimate of drug-likeness (QED) is 0.116. The number of benzene rings is 4. The fraction of sp³-hybridized carbons (Fsp3) is 0.171. The van der Waals surface area contributed by atoms with Crippen LogP contribution in [0, 0.1) is 3.70 Å². The maximum atomic E-state index is 4.19. The highest BCUT2D eigenvalue weighted by Crippen LogP contribution is 2.31. The molecule has 0 atom stereocenters. The Bertz CT molecular complexity index is 2030. The summed E-state index contributed by atoms with van der Waals surface area (Å²) in [4.78, 5) is 0. The van der Waals surface area contributed by atoms with Gasteiger partial charge in [0.25, 0.3) is 0 Å². The zero-order chi connectivity index (χ0) is 31.3. The summed E-state index contributed by atoms with van der Waals surface area (Å²) in [6.45, 7) is 3.85. The monoisotopic (exact) mass is 719 g/mol. The Morgan fingerprint density at radius 3 is 1.70 bits per heavy atom. The van der Waals surface area contributed by atoms with E-state index >= 15 is 0 Å². The molecule has 0 saturated heterocycles. The van der Waals surface area contributed by atoms with E-state index in [1.54, 1.807) is 0 Å². The van der Waals surface area contributed by atoms with Crippen LogP contribution in [0.15, 0.2) is 103 Å². The standard InChI is InChI=1S/C35H32IN10/c1-2-3-12-32-33(36)46(22-25-15-19-27(20-16-25)29-9-5-7-11-31(29)35-39-43-44-40-35)23-45(32)21-24-13-17-26(18-14-24)28-8-4-6-10-30(28)34-37-41-42-38-34/h4-11,13-20,23H,2-3,12,21-22H2,1H3,(H,37,38,41,42)(H,39,40,43,44)/q+1. The van der Waals surface area contributed by atoms with E-state index in [-0.39, 0.29) is 0 Å². The largest absolute Gasteiger partial charge is 0.245 e. The van der Waals surface area contributed by atoms with Gasteiger partial charge in [-0.05, 0) is 50.2 Å². The number of nitrogens with one attached hydrogen (secondary N) is 2.